The molecule has 10 rings (SSSR count). The molecule has 4 heterocycles. The van der Waals surface area contributed by atoms with Gasteiger partial charge in [-0.1, -0.05) is 96.9 Å². The highest BCUT2D eigenvalue weighted by atomic mass is 16.3. The molecule has 4 aromatic heterocycles. The normalized spacial score (nSPS) is 15.1. The molecule has 6 aromatic carbocycles. The minimum Gasteiger partial charge on any atom is -0.456 e. The summed E-state index contributed by atoms with van der Waals surface area (Å²) in [6, 6.07) is 17.1. The van der Waals surface area contributed by atoms with Gasteiger partial charge in [-0.25, -0.2) is 4.98 Å². The second-order valence-corrected chi connectivity index (χ2v) is 10.5. The minimum absolute atomic E-state index is 0.000104. The molecule has 0 amide bonds. The van der Waals surface area contributed by atoms with Gasteiger partial charge in [0, 0.05) is 32.5 Å². The van der Waals surface area contributed by atoms with Crippen molar-refractivity contribution in [2.24, 2.45) is 0 Å². The first-order chi connectivity index (χ1) is 26.5. The van der Waals surface area contributed by atoms with Crippen LogP contribution in [0.1, 0.15) is 13.7 Å². The molecule has 0 atom stereocenters. The molecule has 0 radical (unpaired) electrons. The van der Waals surface area contributed by atoms with E-state index in [0.717, 1.165) is 10.8 Å². The lowest BCUT2D eigenvalue weighted by Crippen LogP contribution is -2.06. The van der Waals surface area contributed by atoms with Gasteiger partial charge in [0.1, 0.15) is 22.3 Å². The van der Waals surface area contributed by atoms with Gasteiger partial charge in [0.25, 0.3) is 0 Å². The standard InChI is InChI=1S/C39H22N4O2/c1-2-11-23(12-3-1)37-40-38(29-17-10-16-27-25-14-5-8-19-31(25)45-36(27)29)42-39(41-37)43-30-18-7-4-13-24(30)26-21-22-33-34(35(26)43)28-15-6-9-20-32(28)44-33/h1-22H/i4D,6D,7D,9D,13D,15D,18D,20D,21D,22D. The van der Waals surface area contributed by atoms with Gasteiger partial charge >= 0.3 is 0 Å². The zero-order valence-corrected chi connectivity index (χ0v) is 23.0. The van der Waals surface area contributed by atoms with Gasteiger partial charge in [0.15, 0.2) is 11.6 Å². The van der Waals surface area contributed by atoms with Crippen LogP contribution in [0, 0.1) is 0 Å². The van der Waals surface area contributed by atoms with Gasteiger partial charge in [-0.15, -0.1) is 0 Å². The predicted molar refractivity (Wildman–Crippen MR) is 180 cm³/mol. The van der Waals surface area contributed by atoms with Crippen molar-refractivity contribution in [1.82, 2.24) is 19.5 Å². The molecule has 0 aliphatic heterocycles. The van der Waals surface area contributed by atoms with E-state index in [1.165, 1.54) is 4.57 Å². The van der Waals surface area contributed by atoms with Gasteiger partial charge in [-0.3, -0.25) is 4.57 Å². The maximum atomic E-state index is 9.23. The maximum Gasteiger partial charge on any atom is 0.238 e. The number of benzene rings is 6. The summed E-state index contributed by atoms with van der Waals surface area (Å²) in [5.41, 5.74) is 1.63. The van der Waals surface area contributed by atoms with Gasteiger partial charge < -0.3 is 8.83 Å². The molecule has 0 aliphatic carbocycles. The lowest BCUT2D eigenvalue weighted by molar-refractivity contribution is 0.669. The van der Waals surface area contributed by atoms with Crippen LogP contribution in [-0.4, -0.2) is 19.5 Å². The van der Waals surface area contributed by atoms with Crippen LogP contribution in [0.3, 0.4) is 0 Å². The van der Waals surface area contributed by atoms with Crippen molar-refractivity contribution in [2.45, 2.75) is 0 Å². The third-order valence-corrected chi connectivity index (χ3v) is 7.97. The first kappa shape index (κ1) is 16.5. The molecule has 0 spiro atoms. The van der Waals surface area contributed by atoms with E-state index < -0.39 is 60.4 Å². The summed E-state index contributed by atoms with van der Waals surface area (Å²) in [7, 11) is 0. The summed E-state index contributed by atoms with van der Waals surface area (Å²) in [6.45, 7) is 0. The number of aromatic nitrogens is 4. The Bertz CT molecular complexity index is 3340. The summed E-state index contributed by atoms with van der Waals surface area (Å²) in [5, 5.41) is 1.42. The topological polar surface area (TPSA) is 69.9 Å². The van der Waals surface area contributed by atoms with Gasteiger partial charge in [-0.2, -0.15) is 9.97 Å². The van der Waals surface area contributed by atoms with E-state index in [9.17, 15) is 2.74 Å². The van der Waals surface area contributed by atoms with Crippen molar-refractivity contribution in [2.75, 3.05) is 0 Å². The van der Waals surface area contributed by atoms with Crippen LogP contribution < -0.4 is 0 Å². The average Bonchev–Trinajstić information content (AvgIpc) is 3.90. The molecule has 0 fully saturated rings. The number of rotatable bonds is 3. The summed E-state index contributed by atoms with van der Waals surface area (Å²) in [5.74, 6) is 0.223. The SMILES string of the molecule is [2H]c1c([2H])c([2H])c2c(oc3c([2H])c([2H])c4c5c([2H])c([2H])c([2H])c([2H])c5n(-c5nc(-c6ccccc6)nc(-c6cccc7c6oc6ccccc67)n5)c4c32)c1[2H]. The predicted octanol–water partition coefficient (Wildman–Crippen LogP) is 10.1. The van der Waals surface area contributed by atoms with Crippen molar-refractivity contribution in [3.63, 3.8) is 0 Å². The fraction of sp³-hybridized carbons (Fsp3) is 0. The molecule has 0 saturated carbocycles. The first-order valence-electron chi connectivity index (χ1n) is 19.1. The molecule has 10 aromatic rings. The number of nitrogens with zero attached hydrogens (tertiary/aromatic N) is 4. The molecule has 0 aliphatic rings. The van der Waals surface area contributed by atoms with Crippen LogP contribution >= 0.6 is 0 Å². The lowest BCUT2D eigenvalue weighted by atomic mass is 10.1. The second kappa shape index (κ2) is 9.11. The molecule has 6 heteroatoms. The van der Waals surface area contributed by atoms with Gasteiger partial charge in [-0.05, 0) is 36.3 Å². The highest BCUT2D eigenvalue weighted by Gasteiger charge is 2.23. The first-order valence-corrected chi connectivity index (χ1v) is 14.1. The number of furan rings is 2. The Hall–Kier alpha value is -6.27. The molecule has 45 heavy (non-hydrogen) atoms. The highest BCUT2D eigenvalue weighted by molar-refractivity contribution is 6.24. The summed E-state index contributed by atoms with van der Waals surface area (Å²) in [6.07, 6.45) is 0. The van der Waals surface area contributed by atoms with E-state index in [1.54, 1.807) is 18.2 Å². The smallest absolute Gasteiger partial charge is 0.238 e. The van der Waals surface area contributed by atoms with E-state index in [-0.39, 0.29) is 61.3 Å². The Morgan fingerprint density at radius 1 is 0.533 bits per heavy atom. The molecule has 0 unspecified atom stereocenters. The van der Waals surface area contributed by atoms with Crippen molar-refractivity contribution < 1.29 is 22.5 Å². The summed E-state index contributed by atoms with van der Waals surface area (Å²) in [4.78, 5) is 14.7. The van der Waals surface area contributed by atoms with Crippen molar-refractivity contribution in [3.8, 4) is 28.7 Å². The van der Waals surface area contributed by atoms with Crippen molar-refractivity contribution in [3.05, 3.63) is 133 Å². The van der Waals surface area contributed by atoms with Crippen LogP contribution in [-0.2, 0) is 0 Å². The molecule has 6 nitrogen and oxygen atoms in total. The number of hydrogen-bond acceptors (Lipinski definition) is 5. The Labute approximate surface area is 269 Å². The molecule has 0 N–H and O–H groups in total. The van der Waals surface area contributed by atoms with E-state index in [2.05, 4.69) is 0 Å². The number of para-hydroxylation sites is 4. The molecular weight excluding hydrogens is 556 g/mol. The van der Waals surface area contributed by atoms with Crippen LogP contribution in [0.5, 0.6) is 0 Å². The Morgan fingerprint density at radius 3 is 2.24 bits per heavy atom. The van der Waals surface area contributed by atoms with Crippen molar-refractivity contribution in [1.29, 1.82) is 0 Å². The summed E-state index contributed by atoms with van der Waals surface area (Å²) < 4.78 is 102. The maximum absolute atomic E-state index is 9.23. The van der Waals surface area contributed by atoms with Crippen LogP contribution in [0.2, 0.25) is 0 Å². The minimum atomic E-state index is -0.570. The quantitative estimate of drug-likeness (QED) is 0.205. The van der Waals surface area contributed by atoms with Crippen LogP contribution in [0.4, 0.5) is 0 Å². The monoisotopic (exact) mass is 588 g/mol. The van der Waals surface area contributed by atoms with Gasteiger partial charge in [0.05, 0.1) is 35.7 Å². The number of hydrogen-bond donors (Lipinski definition) is 0. The van der Waals surface area contributed by atoms with E-state index >= 15 is 0 Å². The third kappa shape index (κ3) is 3.48. The Balaban J connectivity index is 1.45. The molecule has 0 bridgehead atoms. The van der Waals surface area contributed by atoms with Crippen LogP contribution in [0.15, 0.2) is 142 Å². The third-order valence-electron chi connectivity index (χ3n) is 7.97. The van der Waals surface area contributed by atoms with E-state index in [4.69, 9.17) is 34.8 Å². The van der Waals surface area contributed by atoms with Crippen molar-refractivity contribution >= 4 is 65.7 Å². The fourth-order valence-electron chi connectivity index (χ4n) is 6.03. The van der Waals surface area contributed by atoms with Gasteiger partial charge in [0.2, 0.25) is 5.95 Å². The average molecular weight is 589 g/mol. The van der Waals surface area contributed by atoms with Crippen LogP contribution in [0.25, 0.3) is 94.4 Å². The zero-order valence-electron chi connectivity index (χ0n) is 33.0. The van der Waals surface area contributed by atoms with E-state index in [0.29, 0.717) is 22.3 Å². The number of fused-ring (bicyclic) bond motifs is 10. The molecule has 0 saturated heterocycles. The zero-order chi connectivity index (χ0) is 38.2. The Kier molecular flexibility index (Phi) is 3.35. The molecule has 210 valence electrons. The Morgan fingerprint density at radius 2 is 1.31 bits per heavy atom. The lowest BCUT2D eigenvalue weighted by Gasteiger charge is -2.11. The largest absolute Gasteiger partial charge is 0.456 e. The molecular formula is C39H22N4O2. The van der Waals surface area contributed by atoms with E-state index in [1.807, 2.05) is 54.6 Å². The highest BCUT2D eigenvalue weighted by Crippen LogP contribution is 2.41. The summed E-state index contributed by atoms with van der Waals surface area (Å²) >= 11 is 0. The fourth-order valence-corrected chi connectivity index (χ4v) is 6.03. The second-order valence-electron chi connectivity index (χ2n) is 10.5.